The molecule has 0 saturated carbocycles. The first kappa shape index (κ1) is 6.46. The molecule has 0 aliphatic carbocycles. The molecule has 0 radical (unpaired) electrons. The fraction of sp³-hybridized carbons (Fsp3) is 0.500. The molecule has 1 atom stereocenters. The van der Waals surface area contributed by atoms with E-state index in [1.165, 1.54) is 0 Å². The zero-order chi connectivity index (χ0) is 5.86. The Hall–Kier alpha value is -0.540. The van der Waals surface area contributed by atoms with Crippen LogP contribution in [0.5, 0.6) is 0 Å². The fourth-order valence-corrected chi connectivity index (χ4v) is 0.206. The van der Waals surface area contributed by atoms with E-state index in [-0.39, 0.29) is 0 Å². The average molecular weight is 103 g/mol. The first-order chi connectivity index (χ1) is 3.13. The summed E-state index contributed by atoms with van der Waals surface area (Å²) in [6.45, 7) is 4.94. The van der Waals surface area contributed by atoms with E-state index >= 15 is 0 Å². The maximum absolute atomic E-state index is 8.22. The van der Waals surface area contributed by atoms with Gasteiger partial charge in [0.15, 0.2) is 0 Å². The summed E-state index contributed by atoms with van der Waals surface area (Å²) in [6.07, 6.45) is -1.22. The van der Waals surface area contributed by atoms with Crippen molar-refractivity contribution in [1.82, 2.24) is 0 Å². The van der Waals surface area contributed by atoms with E-state index in [4.69, 9.17) is 10.8 Å². The third kappa shape index (κ3) is 5.46. The molecule has 0 amide bonds. The summed E-state index contributed by atoms with van der Waals surface area (Å²) in [5.41, 5.74) is 4.77. The number of allylic oxidation sites excluding steroid dienone is 1. The standard InChI is InChI=1S/C4H9NO2/c1-3(2)7-4(5)6/h4,6H,1,5H2,2H3. The molecule has 3 nitrogen and oxygen atoms in total. The normalized spacial score (nSPS) is 13.0. The highest BCUT2D eigenvalue weighted by Crippen LogP contribution is 1.88. The van der Waals surface area contributed by atoms with E-state index < -0.39 is 6.41 Å². The third-order valence-corrected chi connectivity index (χ3v) is 0.322. The first-order valence-electron chi connectivity index (χ1n) is 1.88. The molecule has 0 bridgehead atoms. The van der Waals surface area contributed by atoms with Crippen LogP contribution in [0.1, 0.15) is 6.92 Å². The molecule has 0 rings (SSSR count). The highest BCUT2D eigenvalue weighted by molar-refractivity contribution is 4.72. The Balaban J connectivity index is 3.13. The number of ether oxygens (including phenoxy) is 1. The molecule has 3 heteroatoms. The Labute approximate surface area is 42.4 Å². The maximum atomic E-state index is 8.22. The summed E-state index contributed by atoms with van der Waals surface area (Å²) in [7, 11) is 0. The quantitative estimate of drug-likeness (QED) is 0.375. The van der Waals surface area contributed by atoms with Gasteiger partial charge in [-0.1, -0.05) is 6.58 Å². The smallest absolute Gasteiger partial charge is 0.254 e. The molecule has 0 aromatic heterocycles. The molecule has 0 fully saturated rings. The molecule has 3 N–H and O–H groups in total. The minimum absolute atomic E-state index is 0.412. The zero-order valence-electron chi connectivity index (χ0n) is 4.22. The molecule has 42 valence electrons. The minimum Gasteiger partial charge on any atom is -0.457 e. The Kier molecular flexibility index (Phi) is 2.40. The second-order valence-electron chi connectivity index (χ2n) is 1.21. The van der Waals surface area contributed by atoms with Crippen LogP contribution in [0.2, 0.25) is 0 Å². The highest BCUT2D eigenvalue weighted by atomic mass is 16.6. The van der Waals surface area contributed by atoms with Crippen LogP contribution in [0.15, 0.2) is 12.3 Å². The van der Waals surface area contributed by atoms with Gasteiger partial charge in [-0.15, -0.1) is 0 Å². The van der Waals surface area contributed by atoms with Crippen LogP contribution < -0.4 is 5.73 Å². The molecule has 1 unspecified atom stereocenters. The highest BCUT2D eigenvalue weighted by Gasteiger charge is 1.90. The summed E-state index contributed by atoms with van der Waals surface area (Å²) < 4.78 is 4.39. The van der Waals surface area contributed by atoms with E-state index in [0.717, 1.165) is 0 Å². The Morgan fingerprint density at radius 2 is 2.43 bits per heavy atom. The molecule has 0 spiro atoms. The van der Waals surface area contributed by atoms with Crippen LogP contribution in [-0.4, -0.2) is 11.5 Å². The lowest BCUT2D eigenvalue weighted by Gasteiger charge is -2.04. The largest absolute Gasteiger partial charge is 0.457 e. The van der Waals surface area contributed by atoms with Crippen LogP contribution in [0, 0.1) is 0 Å². The molecular weight excluding hydrogens is 94.0 g/mol. The van der Waals surface area contributed by atoms with E-state index in [1.807, 2.05) is 0 Å². The monoisotopic (exact) mass is 103 g/mol. The summed E-state index contributed by atoms with van der Waals surface area (Å²) in [5.74, 6) is 0.412. The number of aliphatic hydroxyl groups excluding tert-OH is 1. The predicted molar refractivity (Wildman–Crippen MR) is 26.1 cm³/mol. The van der Waals surface area contributed by atoms with Gasteiger partial charge in [-0.2, -0.15) is 0 Å². The van der Waals surface area contributed by atoms with Crippen molar-refractivity contribution in [2.75, 3.05) is 0 Å². The van der Waals surface area contributed by atoms with Crippen molar-refractivity contribution in [3.63, 3.8) is 0 Å². The molecule has 0 heterocycles. The van der Waals surface area contributed by atoms with Crippen molar-refractivity contribution in [2.24, 2.45) is 5.73 Å². The summed E-state index contributed by atoms with van der Waals surface area (Å²) in [5, 5.41) is 8.22. The summed E-state index contributed by atoms with van der Waals surface area (Å²) in [4.78, 5) is 0. The molecule has 7 heavy (non-hydrogen) atoms. The number of nitrogens with two attached hydrogens (primary N) is 1. The van der Waals surface area contributed by atoms with Crippen LogP contribution in [-0.2, 0) is 4.74 Å². The molecule has 0 aliphatic rings. The van der Waals surface area contributed by atoms with Crippen LogP contribution >= 0.6 is 0 Å². The maximum Gasteiger partial charge on any atom is 0.254 e. The van der Waals surface area contributed by atoms with Gasteiger partial charge in [-0.3, -0.25) is 5.73 Å². The minimum atomic E-state index is -1.22. The topological polar surface area (TPSA) is 55.5 Å². The molecular formula is C4H9NO2. The van der Waals surface area contributed by atoms with Gasteiger partial charge in [-0.05, 0) is 6.92 Å². The molecule has 0 aliphatic heterocycles. The van der Waals surface area contributed by atoms with Gasteiger partial charge in [0.05, 0.1) is 5.76 Å². The predicted octanol–water partition coefficient (Wildman–Crippen LogP) is -0.229. The molecule has 0 aromatic carbocycles. The zero-order valence-corrected chi connectivity index (χ0v) is 4.22. The van der Waals surface area contributed by atoms with Crippen molar-refractivity contribution >= 4 is 0 Å². The molecule has 0 aromatic rings. The Bertz CT molecular complexity index is 70.1. The number of hydrogen-bond acceptors (Lipinski definition) is 3. The van der Waals surface area contributed by atoms with Crippen molar-refractivity contribution in [3.8, 4) is 0 Å². The average Bonchev–Trinajstić information content (AvgIpc) is 1.27. The van der Waals surface area contributed by atoms with Gasteiger partial charge in [0.1, 0.15) is 0 Å². The summed E-state index contributed by atoms with van der Waals surface area (Å²) >= 11 is 0. The lowest BCUT2D eigenvalue weighted by molar-refractivity contribution is -0.0578. The van der Waals surface area contributed by atoms with Crippen molar-refractivity contribution in [1.29, 1.82) is 0 Å². The SMILES string of the molecule is C=C(C)OC(N)O. The van der Waals surface area contributed by atoms with Gasteiger partial charge in [0.2, 0.25) is 0 Å². The van der Waals surface area contributed by atoms with Gasteiger partial charge in [-0.25, -0.2) is 0 Å². The van der Waals surface area contributed by atoms with E-state index in [2.05, 4.69) is 11.3 Å². The molecule has 0 saturated heterocycles. The van der Waals surface area contributed by atoms with Gasteiger partial charge < -0.3 is 9.84 Å². The number of hydrogen-bond donors (Lipinski definition) is 2. The second kappa shape index (κ2) is 2.60. The van der Waals surface area contributed by atoms with Crippen LogP contribution in [0.25, 0.3) is 0 Å². The fourth-order valence-electron chi connectivity index (χ4n) is 0.206. The first-order valence-corrected chi connectivity index (χ1v) is 1.88. The lowest BCUT2D eigenvalue weighted by atomic mass is 10.7. The van der Waals surface area contributed by atoms with E-state index in [9.17, 15) is 0 Å². The van der Waals surface area contributed by atoms with Crippen LogP contribution in [0.4, 0.5) is 0 Å². The second-order valence-corrected chi connectivity index (χ2v) is 1.21. The Morgan fingerprint density at radius 3 is 2.43 bits per heavy atom. The van der Waals surface area contributed by atoms with Crippen molar-refractivity contribution in [3.05, 3.63) is 12.3 Å². The van der Waals surface area contributed by atoms with Crippen LogP contribution in [0.3, 0.4) is 0 Å². The van der Waals surface area contributed by atoms with Gasteiger partial charge >= 0.3 is 0 Å². The Morgan fingerprint density at radius 1 is 2.00 bits per heavy atom. The van der Waals surface area contributed by atoms with Crippen molar-refractivity contribution in [2.45, 2.75) is 13.3 Å². The summed E-state index contributed by atoms with van der Waals surface area (Å²) in [6, 6.07) is 0. The van der Waals surface area contributed by atoms with Crippen molar-refractivity contribution < 1.29 is 9.84 Å². The number of rotatable bonds is 2. The van der Waals surface area contributed by atoms with Gasteiger partial charge in [0.25, 0.3) is 6.41 Å². The lowest BCUT2D eigenvalue weighted by Crippen LogP contribution is -2.21. The van der Waals surface area contributed by atoms with E-state index in [0.29, 0.717) is 5.76 Å². The third-order valence-electron chi connectivity index (χ3n) is 0.322. The van der Waals surface area contributed by atoms with Gasteiger partial charge in [0, 0.05) is 0 Å². The van der Waals surface area contributed by atoms with E-state index in [1.54, 1.807) is 6.92 Å². The number of aliphatic hydroxyl groups is 1.